The van der Waals surface area contributed by atoms with Gasteiger partial charge in [-0.25, -0.2) is 0 Å². The maximum absolute atomic E-state index is 12.2. The number of carbonyl (C=O) groups is 1. The van der Waals surface area contributed by atoms with Crippen molar-refractivity contribution < 1.29 is 4.79 Å². The molecule has 0 saturated heterocycles. The summed E-state index contributed by atoms with van der Waals surface area (Å²) in [7, 11) is 0. The highest BCUT2D eigenvalue weighted by atomic mass is 32.1. The molecule has 0 N–H and O–H groups in total. The van der Waals surface area contributed by atoms with Crippen molar-refractivity contribution in [3.63, 3.8) is 0 Å². The van der Waals surface area contributed by atoms with E-state index in [-0.39, 0.29) is 5.91 Å². The number of amides is 1. The summed E-state index contributed by atoms with van der Waals surface area (Å²) in [5.74, 6) is 0.943. The maximum atomic E-state index is 12.2. The summed E-state index contributed by atoms with van der Waals surface area (Å²) in [5, 5.41) is 0. The lowest BCUT2D eigenvalue weighted by Gasteiger charge is -2.24. The van der Waals surface area contributed by atoms with Gasteiger partial charge in [0.25, 0.3) is 5.91 Å². The Hall–Kier alpha value is -1.16. The van der Waals surface area contributed by atoms with Crippen molar-refractivity contribution in [2.24, 2.45) is 0 Å². The largest absolute Gasteiger partial charge is 0.371 e. The summed E-state index contributed by atoms with van der Waals surface area (Å²) in [5.41, 5.74) is 1.93. The summed E-state index contributed by atoms with van der Waals surface area (Å²) in [6.45, 7) is 9.63. The first kappa shape index (κ1) is 16.9. The molecule has 0 aliphatic rings. The SMILES string of the molecule is CCCN(CCS)c1ccc(C(=O)N(CC)CC)cc1. The van der Waals surface area contributed by atoms with Crippen molar-refractivity contribution >= 4 is 24.2 Å². The first-order valence-electron chi connectivity index (χ1n) is 7.43. The molecule has 0 fully saturated rings. The van der Waals surface area contributed by atoms with E-state index in [4.69, 9.17) is 0 Å². The summed E-state index contributed by atoms with van der Waals surface area (Å²) >= 11 is 4.31. The topological polar surface area (TPSA) is 23.6 Å². The first-order valence-corrected chi connectivity index (χ1v) is 8.06. The van der Waals surface area contributed by atoms with Crippen LogP contribution >= 0.6 is 12.6 Å². The zero-order valence-corrected chi connectivity index (χ0v) is 13.7. The van der Waals surface area contributed by atoms with Gasteiger partial charge in [-0.1, -0.05) is 6.92 Å². The van der Waals surface area contributed by atoms with Gasteiger partial charge in [-0.3, -0.25) is 4.79 Å². The lowest BCUT2D eigenvalue weighted by Crippen LogP contribution is -2.30. The maximum Gasteiger partial charge on any atom is 0.253 e. The van der Waals surface area contributed by atoms with Gasteiger partial charge in [0.1, 0.15) is 0 Å². The van der Waals surface area contributed by atoms with E-state index in [1.807, 2.05) is 43.0 Å². The number of nitrogens with zero attached hydrogens (tertiary/aromatic N) is 2. The highest BCUT2D eigenvalue weighted by molar-refractivity contribution is 7.80. The zero-order valence-electron chi connectivity index (χ0n) is 12.8. The van der Waals surface area contributed by atoms with Crippen LogP contribution in [-0.4, -0.2) is 42.7 Å². The third-order valence-corrected chi connectivity index (χ3v) is 3.59. The molecule has 1 rings (SSSR count). The lowest BCUT2D eigenvalue weighted by atomic mass is 10.1. The predicted octanol–water partition coefficient (Wildman–Crippen LogP) is 3.31. The Morgan fingerprint density at radius 1 is 1.05 bits per heavy atom. The van der Waals surface area contributed by atoms with Gasteiger partial charge in [-0.15, -0.1) is 0 Å². The Morgan fingerprint density at radius 3 is 2.10 bits per heavy atom. The van der Waals surface area contributed by atoms with Crippen molar-refractivity contribution in [2.75, 3.05) is 36.8 Å². The Balaban J connectivity index is 2.83. The molecule has 0 aliphatic carbocycles. The minimum absolute atomic E-state index is 0.109. The minimum Gasteiger partial charge on any atom is -0.371 e. The summed E-state index contributed by atoms with van der Waals surface area (Å²) in [6, 6.07) is 7.93. The van der Waals surface area contributed by atoms with E-state index in [1.54, 1.807) is 0 Å². The van der Waals surface area contributed by atoms with Crippen LogP contribution in [0, 0.1) is 0 Å². The van der Waals surface area contributed by atoms with E-state index in [0.29, 0.717) is 0 Å². The molecular formula is C16H26N2OS. The van der Waals surface area contributed by atoms with Crippen molar-refractivity contribution in [2.45, 2.75) is 27.2 Å². The molecule has 0 bridgehead atoms. The molecule has 1 aromatic rings. The molecule has 1 amide bonds. The fourth-order valence-corrected chi connectivity index (χ4v) is 2.51. The number of hydrogen-bond donors (Lipinski definition) is 1. The number of benzene rings is 1. The zero-order chi connectivity index (χ0) is 15.0. The van der Waals surface area contributed by atoms with Crippen LogP contribution < -0.4 is 4.90 Å². The summed E-state index contributed by atoms with van der Waals surface area (Å²) in [4.78, 5) is 16.4. The molecule has 112 valence electrons. The quantitative estimate of drug-likeness (QED) is 0.744. The van der Waals surface area contributed by atoms with Crippen molar-refractivity contribution in [3.05, 3.63) is 29.8 Å². The van der Waals surface area contributed by atoms with E-state index in [1.165, 1.54) is 0 Å². The van der Waals surface area contributed by atoms with Crippen LogP contribution in [0.4, 0.5) is 5.69 Å². The highest BCUT2D eigenvalue weighted by Crippen LogP contribution is 2.17. The average molecular weight is 294 g/mol. The summed E-state index contributed by atoms with van der Waals surface area (Å²) in [6.07, 6.45) is 1.11. The summed E-state index contributed by atoms with van der Waals surface area (Å²) < 4.78 is 0. The molecule has 0 aromatic heterocycles. The second kappa shape index (κ2) is 8.90. The molecule has 20 heavy (non-hydrogen) atoms. The Bertz CT molecular complexity index is 395. The van der Waals surface area contributed by atoms with E-state index < -0.39 is 0 Å². The Morgan fingerprint density at radius 2 is 1.65 bits per heavy atom. The molecule has 0 radical (unpaired) electrons. The molecule has 0 saturated carbocycles. The van der Waals surface area contributed by atoms with Crippen molar-refractivity contribution in [3.8, 4) is 0 Å². The van der Waals surface area contributed by atoms with Crippen molar-refractivity contribution in [1.29, 1.82) is 0 Å². The van der Waals surface area contributed by atoms with Crippen LogP contribution in [0.15, 0.2) is 24.3 Å². The molecule has 0 heterocycles. The molecule has 0 atom stereocenters. The third kappa shape index (κ3) is 4.44. The number of anilines is 1. The number of hydrogen-bond acceptors (Lipinski definition) is 3. The Kier molecular flexibility index (Phi) is 7.52. The van der Waals surface area contributed by atoms with Crippen LogP contribution in [-0.2, 0) is 0 Å². The minimum atomic E-state index is 0.109. The molecule has 4 heteroatoms. The number of rotatable bonds is 8. The van der Waals surface area contributed by atoms with Crippen LogP contribution in [0.25, 0.3) is 0 Å². The van der Waals surface area contributed by atoms with Gasteiger partial charge in [0, 0.05) is 43.2 Å². The van der Waals surface area contributed by atoms with Gasteiger partial charge in [0.2, 0.25) is 0 Å². The van der Waals surface area contributed by atoms with E-state index >= 15 is 0 Å². The number of carbonyl (C=O) groups excluding carboxylic acids is 1. The molecule has 0 spiro atoms. The van der Waals surface area contributed by atoms with Gasteiger partial charge in [0.05, 0.1) is 0 Å². The van der Waals surface area contributed by atoms with Gasteiger partial charge >= 0.3 is 0 Å². The molecular weight excluding hydrogens is 268 g/mol. The standard InChI is InChI=1S/C16H26N2OS/c1-4-11-18(12-13-20)15-9-7-14(8-10-15)16(19)17(5-2)6-3/h7-10,20H,4-6,11-13H2,1-3H3. The number of thiol groups is 1. The third-order valence-electron chi connectivity index (χ3n) is 3.39. The van der Waals surface area contributed by atoms with Crippen LogP contribution in [0.1, 0.15) is 37.6 Å². The average Bonchev–Trinajstić information content (AvgIpc) is 2.48. The second-order valence-corrected chi connectivity index (χ2v) is 5.18. The lowest BCUT2D eigenvalue weighted by molar-refractivity contribution is 0.0773. The monoisotopic (exact) mass is 294 g/mol. The van der Waals surface area contributed by atoms with Gasteiger partial charge in [-0.2, -0.15) is 12.6 Å². The predicted molar refractivity (Wildman–Crippen MR) is 90.1 cm³/mol. The highest BCUT2D eigenvalue weighted by Gasteiger charge is 2.12. The molecule has 0 unspecified atom stereocenters. The smallest absolute Gasteiger partial charge is 0.253 e. The van der Waals surface area contributed by atoms with Gasteiger partial charge in [0.15, 0.2) is 0 Å². The van der Waals surface area contributed by atoms with Crippen LogP contribution in [0.3, 0.4) is 0 Å². The van der Waals surface area contributed by atoms with E-state index in [9.17, 15) is 4.79 Å². The molecule has 1 aromatic carbocycles. The normalized spacial score (nSPS) is 10.4. The fraction of sp³-hybridized carbons (Fsp3) is 0.562. The molecule has 3 nitrogen and oxygen atoms in total. The second-order valence-electron chi connectivity index (χ2n) is 4.73. The van der Waals surface area contributed by atoms with Crippen LogP contribution in [0.5, 0.6) is 0 Å². The fourth-order valence-electron chi connectivity index (χ4n) is 2.27. The van der Waals surface area contributed by atoms with Crippen molar-refractivity contribution in [1.82, 2.24) is 4.90 Å². The first-order chi connectivity index (χ1) is 9.67. The van der Waals surface area contributed by atoms with E-state index in [0.717, 1.165) is 49.6 Å². The van der Waals surface area contributed by atoms with Crippen LogP contribution in [0.2, 0.25) is 0 Å². The molecule has 0 aliphatic heterocycles. The van der Waals surface area contributed by atoms with E-state index in [2.05, 4.69) is 24.5 Å². The van der Waals surface area contributed by atoms with Gasteiger partial charge < -0.3 is 9.80 Å². The Labute approximate surface area is 128 Å². The van der Waals surface area contributed by atoms with Gasteiger partial charge in [-0.05, 0) is 44.5 Å².